The van der Waals surface area contributed by atoms with Crippen LogP contribution in [0.25, 0.3) is 0 Å². The van der Waals surface area contributed by atoms with E-state index >= 15 is 0 Å². The minimum atomic E-state index is 0.250. The van der Waals surface area contributed by atoms with Crippen molar-refractivity contribution in [2.45, 2.75) is 105 Å². The molecule has 0 aliphatic rings. The van der Waals surface area contributed by atoms with Crippen LogP contribution < -0.4 is 0 Å². The summed E-state index contributed by atoms with van der Waals surface area (Å²) in [6, 6.07) is 0. The minimum Gasteiger partial charge on any atom is -0.397 e. The molecule has 0 radical (unpaired) electrons. The number of aliphatic hydroxyl groups is 4. The Morgan fingerprint density at radius 1 is 0.375 bits per heavy atom. The number of unbranched alkanes of at least 4 members (excludes halogenated alkanes) is 9. The van der Waals surface area contributed by atoms with E-state index in [9.17, 15) is 0 Å². The average Bonchev–Trinajstić information content (AvgIpc) is 2.58. The zero-order valence-corrected chi connectivity index (χ0v) is 17.1. The summed E-state index contributed by atoms with van der Waals surface area (Å²) in [5, 5.41) is 32.4. The van der Waals surface area contributed by atoms with Gasteiger partial charge in [0, 0.05) is 26.4 Å². The van der Waals surface area contributed by atoms with Gasteiger partial charge in [0.2, 0.25) is 0 Å². The molecular weight excluding hydrogens is 304 g/mol. The molecule has 0 rings (SSSR count). The highest BCUT2D eigenvalue weighted by Crippen LogP contribution is 2.03. The third-order valence-corrected chi connectivity index (χ3v) is 3.04. The van der Waals surface area contributed by atoms with Gasteiger partial charge in [0.25, 0.3) is 0 Å². The molecule has 0 aromatic carbocycles. The molecule has 0 heterocycles. The van der Waals surface area contributed by atoms with Gasteiger partial charge in [0.15, 0.2) is 0 Å². The zero-order valence-electron chi connectivity index (χ0n) is 17.1. The van der Waals surface area contributed by atoms with Gasteiger partial charge in [0.05, 0.1) is 0 Å². The lowest BCUT2D eigenvalue weighted by molar-refractivity contribution is 0.282. The molecule has 0 fully saturated rings. The molecular formula is C20H48O4. The number of rotatable bonds is 12. The second-order valence-corrected chi connectivity index (χ2v) is 5.67. The minimum absolute atomic E-state index is 0.250. The lowest BCUT2D eigenvalue weighted by Gasteiger charge is -1.95. The molecule has 0 atom stereocenters. The summed E-state index contributed by atoms with van der Waals surface area (Å²) in [6.45, 7) is 9.43. The van der Waals surface area contributed by atoms with E-state index in [-0.39, 0.29) is 6.61 Å². The lowest BCUT2D eigenvalue weighted by atomic mass is 10.1. The molecule has 4 N–H and O–H groups in total. The summed E-state index contributed by atoms with van der Waals surface area (Å²) >= 11 is 0. The molecule has 0 saturated heterocycles. The number of hydrogen-bond donors (Lipinski definition) is 4. The standard InChI is InChI=1S/C8H18O.C6H14O.C4H10O.C2H6O/c1-2-3-4-5-6-7-8-9;1-2-3-4-5-6-7;1-2-3-4-5;1-2-3/h9H,2-8H2,1H3;7H,2-6H2,1H3;5H,2-4H2,1H3;3H,2H2,1H3. The second-order valence-electron chi connectivity index (χ2n) is 5.67. The van der Waals surface area contributed by atoms with Crippen LogP contribution in [0.1, 0.15) is 105 Å². The molecule has 0 amide bonds. The maximum Gasteiger partial charge on any atom is 0.0431 e. The first kappa shape index (κ1) is 31.6. The van der Waals surface area contributed by atoms with Crippen molar-refractivity contribution >= 4 is 0 Å². The second kappa shape index (κ2) is 43.4. The monoisotopic (exact) mass is 352 g/mol. The Morgan fingerprint density at radius 2 is 0.625 bits per heavy atom. The Kier molecular flexibility index (Phi) is 57.2. The van der Waals surface area contributed by atoms with Crippen molar-refractivity contribution in [1.29, 1.82) is 0 Å². The largest absolute Gasteiger partial charge is 0.397 e. The van der Waals surface area contributed by atoms with Crippen LogP contribution in [0.2, 0.25) is 0 Å². The molecule has 0 spiro atoms. The molecule has 0 aromatic heterocycles. The van der Waals surface area contributed by atoms with Crippen LogP contribution in [-0.2, 0) is 0 Å². The van der Waals surface area contributed by atoms with E-state index in [4.69, 9.17) is 20.4 Å². The Bertz CT molecular complexity index is 132. The predicted molar refractivity (Wildman–Crippen MR) is 106 cm³/mol. The quantitative estimate of drug-likeness (QED) is 0.385. The van der Waals surface area contributed by atoms with Gasteiger partial charge < -0.3 is 20.4 Å². The van der Waals surface area contributed by atoms with Gasteiger partial charge in [-0.25, -0.2) is 0 Å². The van der Waals surface area contributed by atoms with E-state index in [1.165, 1.54) is 51.4 Å². The van der Waals surface area contributed by atoms with Crippen molar-refractivity contribution in [1.82, 2.24) is 0 Å². The van der Waals surface area contributed by atoms with Gasteiger partial charge in [-0.15, -0.1) is 0 Å². The molecule has 0 bridgehead atoms. The normalized spacial score (nSPS) is 9.00. The van der Waals surface area contributed by atoms with E-state index in [1.807, 2.05) is 0 Å². The maximum absolute atomic E-state index is 8.42. The fraction of sp³-hybridized carbons (Fsp3) is 1.00. The summed E-state index contributed by atoms with van der Waals surface area (Å²) in [5.74, 6) is 0. The molecule has 152 valence electrons. The summed E-state index contributed by atoms with van der Waals surface area (Å²) in [4.78, 5) is 0. The van der Waals surface area contributed by atoms with Crippen LogP contribution in [0, 0.1) is 0 Å². The van der Waals surface area contributed by atoms with Crippen LogP contribution in [-0.4, -0.2) is 46.9 Å². The molecule has 0 aliphatic carbocycles. The van der Waals surface area contributed by atoms with Gasteiger partial charge in [-0.3, -0.25) is 0 Å². The highest BCUT2D eigenvalue weighted by atomic mass is 16.3. The summed E-state index contributed by atoms with van der Waals surface area (Å²) < 4.78 is 0. The van der Waals surface area contributed by atoms with Crippen LogP contribution in [0.5, 0.6) is 0 Å². The van der Waals surface area contributed by atoms with E-state index in [2.05, 4.69) is 20.8 Å². The topological polar surface area (TPSA) is 80.9 Å². The number of aliphatic hydroxyl groups excluding tert-OH is 4. The first-order chi connectivity index (χ1) is 11.7. The average molecular weight is 353 g/mol. The van der Waals surface area contributed by atoms with Crippen LogP contribution >= 0.6 is 0 Å². The summed E-state index contributed by atoms with van der Waals surface area (Å²) in [7, 11) is 0. The molecule has 0 unspecified atom stereocenters. The molecule has 0 saturated carbocycles. The smallest absolute Gasteiger partial charge is 0.0431 e. The van der Waals surface area contributed by atoms with Gasteiger partial charge in [-0.05, 0) is 26.2 Å². The Balaban J connectivity index is -0.000000119. The highest BCUT2D eigenvalue weighted by Gasteiger charge is 1.86. The van der Waals surface area contributed by atoms with Crippen molar-refractivity contribution in [3.8, 4) is 0 Å². The number of hydrogen-bond acceptors (Lipinski definition) is 4. The van der Waals surface area contributed by atoms with Crippen LogP contribution in [0.4, 0.5) is 0 Å². The zero-order chi connectivity index (χ0) is 19.3. The molecule has 0 aromatic rings. The molecule has 24 heavy (non-hydrogen) atoms. The van der Waals surface area contributed by atoms with E-state index in [1.54, 1.807) is 6.92 Å². The van der Waals surface area contributed by atoms with Crippen molar-refractivity contribution in [2.75, 3.05) is 26.4 Å². The molecule has 0 aliphatic heterocycles. The van der Waals surface area contributed by atoms with Gasteiger partial charge in [-0.2, -0.15) is 0 Å². The Morgan fingerprint density at radius 3 is 0.875 bits per heavy atom. The molecule has 4 heteroatoms. The van der Waals surface area contributed by atoms with Crippen molar-refractivity contribution in [3.05, 3.63) is 0 Å². The van der Waals surface area contributed by atoms with Crippen LogP contribution in [0.15, 0.2) is 0 Å². The first-order valence-corrected chi connectivity index (χ1v) is 10.1. The highest BCUT2D eigenvalue weighted by molar-refractivity contribution is 4.41. The SMILES string of the molecule is CCCCCCCCO.CCCCCCO.CCCCO.CCO. The molecule has 4 nitrogen and oxygen atoms in total. The van der Waals surface area contributed by atoms with Gasteiger partial charge in [-0.1, -0.05) is 78.6 Å². The lowest BCUT2D eigenvalue weighted by Crippen LogP contribution is -1.82. The van der Waals surface area contributed by atoms with E-state index in [0.717, 1.165) is 25.7 Å². The van der Waals surface area contributed by atoms with Crippen LogP contribution in [0.3, 0.4) is 0 Å². The third-order valence-electron chi connectivity index (χ3n) is 3.04. The third kappa shape index (κ3) is 67.7. The van der Waals surface area contributed by atoms with Crippen molar-refractivity contribution in [2.24, 2.45) is 0 Å². The first-order valence-electron chi connectivity index (χ1n) is 10.1. The van der Waals surface area contributed by atoms with Gasteiger partial charge in [0.1, 0.15) is 0 Å². The van der Waals surface area contributed by atoms with E-state index < -0.39 is 0 Å². The predicted octanol–water partition coefficient (Wildman–Crippen LogP) is 4.68. The maximum atomic E-state index is 8.42. The van der Waals surface area contributed by atoms with Crippen molar-refractivity contribution in [3.63, 3.8) is 0 Å². The fourth-order valence-electron chi connectivity index (χ4n) is 1.59. The Hall–Kier alpha value is -0.160. The van der Waals surface area contributed by atoms with Gasteiger partial charge >= 0.3 is 0 Å². The fourth-order valence-corrected chi connectivity index (χ4v) is 1.59. The van der Waals surface area contributed by atoms with E-state index in [0.29, 0.717) is 19.8 Å². The summed E-state index contributed by atoms with van der Waals surface area (Å²) in [6.07, 6.45) is 14.2. The summed E-state index contributed by atoms with van der Waals surface area (Å²) in [5.41, 5.74) is 0. The van der Waals surface area contributed by atoms with Crippen molar-refractivity contribution < 1.29 is 20.4 Å². The Labute approximate surface area is 152 Å².